The number of carbonyl (C=O) groups is 1. The first-order valence-electron chi connectivity index (χ1n) is 9.21. The van der Waals surface area contributed by atoms with Gasteiger partial charge in [0.15, 0.2) is 23.1 Å². The molecule has 6 heteroatoms. The molecule has 0 aromatic heterocycles. The minimum Gasteiger partial charge on any atom is -0.494 e. The molecular formula is C21H22FNO4. The largest absolute Gasteiger partial charge is 0.494 e. The van der Waals surface area contributed by atoms with Gasteiger partial charge in [0.25, 0.3) is 5.91 Å². The minimum absolute atomic E-state index is 0.0557. The molecule has 2 aromatic rings. The van der Waals surface area contributed by atoms with Crippen molar-refractivity contribution in [1.29, 1.82) is 0 Å². The minimum atomic E-state index is -0.533. The van der Waals surface area contributed by atoms with E-state index in [-0.39, 0.29) is 17.7 Å². The standard InChI is InChI=1S/C21H22FNO4/c1-25-18-7-6-15(12-16(18)22)21(24)23-9-2-4-17(23)14-5-8-19-20(13-14)27-11-3-10-26-19/h5-8,12-13,17H,2-4,9-11H2,1H3/t17-/m1/s1. The zero-order valence-electron chi connectivity index (χ0n) is 15.2. The van der Waals surface area contributed by atoms with Crippen LogP contribution in [-0.2, 0) is 0 Å². The van der Waals surface area contributed by atoms with Crippen LogP contribution in [0, 0.1) is 5.82 Å². The smallest absolute Gasteiger partial charge is 0.254 e. The number of ether oxygens (including phenoxy) is 3. The Morgan fingerprint density at radius 2 is 1.93 bits per heavy atom. The molecule has 1 fully saturated rings. The Morgan fingerprint density at radius 3 is 2.70 bits per heavy atom. The van der Waals surface area contributed by atoms with Crippen LogP contribution in [0.2, 0.25) is 0 Å². The molecule has 27 heavy (non-hydrogen) atoms. The van der Waals surface area contributed by atoms with Crippen molar-refractivity contribution in [3.8, 4) is 17.2 Å². The Kier molecular flexibility index (Phi) is 4.88. The number of hydrogen-bond acceptors (Lipinski definition) is 4. The summed E-state index contributed by atoms with van der Waals surface area (Å²) in [7, 11) is 1.40. The summed E-state index contributed by atoms with van der Waals surface area (Å²) in [5, 5.41) is 0. The number of fused-ring (bicyclic) bond motifs is 1. The number of likely N-dealkylation sites (tertiary alicyclic amines) is 1. The van der Waals surface area contributed by atoms with Gasteiger partial charge in [-0.05, 0) is 48.7 Å². The fourth-order valence-electron chi connectivity index (χ4n) is 3.71. The predicted octanol–water partition coefficient (Wildman–Crippen LogP) is 3.97. The number of benzene rings is 2. The molecule has 0 radical (unpaired) electrons. The maximum atomic E-state index is 14.0. The highest BCUT2D eigenvalue weighted by Gasteiger charge is 2.31. The molecular weight excluding hydrogens is 349 g/mol. The van der Waals surface area contributed by atoms with Crippen molar-refractivity contribution in [1.82, 2.24) is 4.90 Å². The highest BCUT2D eigenvalue weighted by atomic mass is 19.1. The first-order chi connectivity index (χ1) is 13.2. The van der Waals surface area contributed by atoms with Crippen LogP contribution in [0.3, 0.4) is 0 Å². The summed E-state index contributed by atoms with van der Waals surface area (Å²) < 4.78 is 30.4. The van der Waals surface area contributed by atoms with Gasteiger partial charge in [0.1, 0.15) is 0 Å². The molecule has 5 nitrogen and oxygen atoms in total. The van der Waals surface area contributed by atoms with Gasteiger partial charge >= 0.3 is 0 Å². The topological polar surface area (TPSA) is 48.0 Å². The number of rotatable bonds is 3. The molecule has 0 N–H and O–H groups in total. The predicted molar refractivity (Wildman–Crippen MR) is 98.0 cm³/mol. The molecule has 1 atom stereocenters. The molecule has 0 unspecified atom stereocenters. The molecule has 0 spiro atoms. The zero-order valence-corrected chi connectivity index (χ0v) is 15.2. The number of amides is 1. The van der Waals surface area contributed by atoms with Crippen LogP contribution in [0.1, 0.15) is 41.2 Å². The Bertz CT molecular complexity index is 854. The van der Waals surface area contributed by atoms with Crippen molar-refractivity contribution in [2.24, 2.45) is 0 Å². The second-order valence-corrected chi connectivity index (χ2v) is 6.76. The fourth-order valence-corrected chi connectivity index (χ4v) is 3.71. The van der Waals surface area contributed by atoms with Gasteiger partial charge in [0.2, 0.25) is 0 Å². The van der Waals surface area contributed by atoms with E-state index in [1.807, 2.05) is 18.2 Å². The van der Waals surface area contributed by atoms with Crippen LogP contribution in [0.4, 0.5) is 4.39 Å². The molecule has 0 bridgehead atoms. The van der Waals surface area contributed by atoms with Crippen LogP contribution in [0.15, 0.2) is 36.4 Å². The van der Waals surface area contributed by atoms with Crippen molar-refractivity contribution < 1.29 is 23.4 Å². The Balaban J connectivity index is 1.59. The normalized spacial score (nSPS) is 18.9. The van der Waals surface area contributed by atoms with Crippen molar-refractivity contribution in [3.05, 3.63) is 53.3 Å². The third-order valence-corrected chi connectivity index (χ3v) is 5.07. The highest BCUT2D eigenvalue weighted by molar-refractivity contribution is 5.94. The molecule has 142 valence electrons. The first kappa shape index (κ1) is 17.6. The monoisotopic (exact) mass is 371 g/mol. The lowest BCUT2D eigenvalue weighted by Crippen LogP contribution is -2.30. The molecule has 2 aliphatic rings. The van der Waals surface area contributed by atoms with Crippen molar-refractivity contribution in [2.45, 2.75) is 25.3 Å². The Hall–Kier alpha value is -2.76. The zero-order chi connectivity index (χ0) is 18.8. The fraction of sp³-hybridized carbons (Fsp3) is 0.381. The molecule has 2 aliphatic heterocycles. The lowest BCUT2D eigenvalue weighted by molar-refractivity contribution is 0.0735. The van der Waals surface area contributed by atoms with E-state index < -0.39 is 5.82 Å². The van der Waals surface area contributed by atoms with Crippen molar-refractivity contribution >= 4 is 5.91 Å². The number of halogens is 1. The van der Waals surface area contributed by atoms with E-state index in [2.05, 4.69) is 0 Å². The number of methoxy groups -OCH3 is 1. The third-order valence-electron chi connectivity index (χ3n) is 5.07. The number of carbonyl (C=O) groups excluding carboxylic acids is 1. The maximum absolute atomic E-state index is 14.0. The van der Waals surface area contributed by atoms with Gasteiger partial charge < -0.3 is 19.1 Å². The summed E-state index contributed by atoms with van der Waals surface area (Å²) in [6.07, 6.45) is 2.62. The third kappa shape index (κ3) is 3.44. The second kappa shape index (κ2) is 7.47. The van der Waals surface area contributed by atoms with E-state index in [4.69, 9.17) is 14.2 Å². The highest BCUT2D eigenvalue weighted by Crippen LogP contribution is 2.38. The average molecular weight is 371 g/mol. The van der Waals surface area contributed by atoms with Crippen LogP contribution in [0.5, 0.6) is 17.2 Å². The van der Waals surface area contributed by atoms with E-state index in [1.54, 1.807) is 11.0 Å². The summed E-state index contributed by atoms with van der Waals surface area (Å²) in [6.45, 7) is 1.91. The molecule has 1 amide bonds. The SMILES string of the molecule is COc1ccc(C(=O)N2CCC[C@@H]2c2ccc3c(c2)OCCCO3)cc1F. The number of hydrogen-bond donors (Lipinski definition) is 0. The quantitative estimate of drug-likeness (QED) is 0.819. The van der Waals surface area contributed by atoms with Gasteiger partial charge in [-0.25, -0.2) is 4.39 Å². The summed E-state index contributed by atoms with van der Waals surface area (Å²) in [5.74, 6) is 0.886. The average Bonchev–Trinajstić information content (AvgIpc) is 3.06. The summed E-state index contributed by atoms with van der Waals surface area (Å²) in [5.41, 5.74) is 1.34. The molecule has 1 saturated heterocycles. The van der Waals surface area contributed by atoms with Crippen molar-refractivity contribution in [3.63, 3.8) is 0 Å². The van der Waals surface area contributed by atoms with Gasteiger partial charge in [0, 0.05) is 18.5 Å². The van der Waals surface area contributed by atoms with Crippen molar-refractivity contribution in [2.75, 3.05) is 26.9 Å². The van der Waals surface area contributed by atoms with Gasteiger partial charge in [-0.15, -0.1) is 0 Å². The van der Waals surface area contributed by atoms with Gasteiger partial charge in [-0.1, -0.05) is 6.07 Å². The Labute approximate surface area is 157 Å². The van der Waals surface area contributed by atoms with Gasteiger partial charge in [-0.2, -0.15) is 0 Å². The molecule has 4 rings (SSSR count). The summed E-state index contributed by atoms with van der Waals surface area (Å²) in [6, 6.07) is 10.1. The summed E-state index contributed by atoms with van der Waals surface area (Å²) in [4.78, 5) is 14.8. The van der Waals surface area contributed by atoms with Gasteiger partial charge in [0.05, 0.1) is 26.4 Å². The lowest BCUT2D eigenvalue weighted by atomic mass is 10.0. The lowest BCUT2D eigenvalue weighted by Gasteiger charge is -2.26. The summed E-state index contributed by atoms with van der Waals surface area (Å²) >= 11 is 0. The van der Waals surface area contributed by atoms with Crippen LogP contribution >= 0.6 is 0 Å². The van der Waals surface area contributed by atoms with Crippen LogP contribution in [-0.4, -0.2) is 37.7 Å². The van der Waals surface area contributed by atoms with E-state index in [0.29, 0.717) is 25.3 Å². The number of nitrogens with zero attached hydrogens (tertiary/aromatic N) is 1. The molecule has 0 saturated carbocycles. The van der Waals surface area contributed by atoms with E-state index in [0.717, 1.165) is 36.3 Å². The first-order valence-corrected chi connectivity index (χ1v) is 9.21. The van der Waals surface area contributed by atoms with Gasteiger partial charge in [-0.3, -0.25) is 4.79 Å². The second-order valence-electron chi connectivity index (χ2n) is 6.76. The van der Waals surface area contributed by atoms with E-state index in [9.17, 15) is 9.18 Å². The van der Waals surface area contributed by atoms with E-state index in [1.165, 1.54) is 19.2 Å². The molecule has 0 aliphatic carbocycles. The maximum Gasteiger partial charge on any atom is 0.254 e. The van der Waals surface area contributed by atoms with E-state index >= 15 is 0 Å². The molecule has 2 heterocycles. The van der Waals surface area contributed by atoms with Crippen LogP contribution in [0.25, 0.3) is 0 Å². The molecule has 2 aromatic carbocycles. The Morgan fingerprint density at radius 1 is 1.11 bits per heavy atom. The van der Waals surface area contributed by atoms with Crippen LogP contribution < -0.4 is 14.2 Å².